The van der Waals surface area contributed by atoms with Crippen LogP contribution >= 0.6 is 0 Å². The van der Waals surface area contributed by atoms with Crippen molar-refractivity contribution in [3.8, 4) is 0 Å². The number of rotatable bonds is 1. The third-order valence-corrected chi connectivity index (χ3v) is 0.627. The maximum atomic E-state index is 8.30. The summed E-state index contributed by atoms with van der Waals surface area (Å²) in [6.45, 7) is -0.0451. The third kappa shape index (κ3) is 0.747. The Morgan fingerprint density at radius 1 is 1.86 bits per heavy atom. The fraction of sp³-hybridized carbons (Fsp3) is 0.333. The van der Waals surface area contributed by atoms with Gasteiger partial charge < -0.3 is 5.11 Å². The van der Waals surface area contributed by atoms with Gasteiger partial charge >= 0.3 is 0 Å². The average Bonchev–Trinajstić information content (AvgIpc) is 2.14. The first-order valence-corrected chi connectivity index (χ1v) is 1.89. The van der Waals surface area contributed by atoms with Crippen molar-refractivity contribution in [1.29, 1.82) is 0 Å². The van der Waals surface area contributed by atoms with E-state index in [2.05, 4.69) is 15.4 Å². The van der Waals surface area contributed by atoms with Gasteiger partial charge in [-0.1, -0.05) is 0 Å². The van der Waals surface area contributed by atoms with Crippen molar-refractivity contribution in [2.75, 3.05) is 0 Å². The van der Waals surface area contributed by atoms with Crippen LogP contribution in [-0.4, -0.2) is 20.5 Å². The number of hydrogen-bond acceptors (Lipinski definition) is 3. The SMILES string of the molecule is OCc1cn[nH]n1. The number of aromatic amines is 1. The lowest BCUT2D eigenvalue weighted by atomic mass is 10.5. The summed E-state index contributed by atoms with van der Waals surface area (Å²) >= 11 is 0. The quantitative estimate of drug-likeness (QED) is 0.489. The first-order chi connectivity index (χ1) is 3.43. The number of aliphatic hydroxyl groups is 1. The van der Waals surface area contributed by atoms with Crippen LogP contribution in [0.15, 0.2) is 6.20 Å². The van der Waals surface area contributed by atoms with E-state index in [1.807, 2.05) is 0 Å². The van der Waals surface area contributed by atoms with Crippen LogP contribution in [-0.2, 0) is 6.61 Å². The summed E-state index contributed by atoms with van der Waals surface area (Å²) in [5, 5.41) is 17.7. The lowest BCUT2D eigenvalue weighted by Crippen LogP contribution is -1.79. The van der Waals surface area contributed by atoms with Crippen molar-refractivity contribution >= 4 is 0 Å². The van der Waals surface area contributed by atoms with Crippen molar-refractivity contribution in [3.63, 3.8) is 0 Å². The zero-order valence-corrected chi connectivity index (χ0v) is 3.63. The predicted molar refractivity (Wildman–Crippen MR) is 22.3 cm³/mol. The molecule has 0 aliphatic heterocycles. The monoisotopic (exact) mass is 99.0 g/mol. The summed E-state index contributed by atoms with van der Waals surface area (Å²) in [7, 11) is 0. The van der Waals surface area contributed by atoms with E-state index in [9.17, 15) is 0 Å². The highest BCUT2D eigenvalue weighted by Crippen LogP contribution is 1.83. The van der Waals surface area contributed by atoms with Gasteiger partial charge in [0.05, 0.1) is 12.8 Å². The number of nitrogens with zero attached hydrogens (tertiary/aromatic N) is 2. The van der Waals surface area contributed by atoms with Gasteiger partial charge in [-0.2, -0.15) is 15.4 Å². The van der Waals surface area contributed by atoms with Crippen LogP contribution in [0, 0.1) is 0 Å². The van der Waals surface area contributed by atoms with Crippen molar-refractivity contribution < 1.29 is 5.11 Å². The molecule has 38 valence electrons. The van der Waals surface area contributed by atoms with Crippen molar-refractivity contribution in [2.45, 2.75) is 6.61 Å². The van der Waals surface area contributed by atoms with E-state index in [-0.39, 0.29) is 6.61 Å². The Hall–Kier alpha value is -0.900. The molecule has 1 heterocycles. The van der Waals surface area contributed by atoms with Gasteiger partial charge in [-0.3, -0.25) is 0 Å². The van der Waals surface area contributed by atoms with E-state index in [0.717, 1.165) is 0 Å². The molecule has 0 unspecified atom stereocenters. The molecular weight excluding hydrogens is 94.1 g/mol. The summed E-state index contributed by atoms with van der Waals surface area (Å²) in [6.07, 6.45) is 1.47. The smallest absolute Gasteiger partial charge is 0.108 e. The van der Waals surface area contributed by atoms with Crippen LogP contribution in [0.3, 0.4) is 0 Å². The minimum atomic E-state index is -0.0451. The topological polar surface area (TPSA) is 61.8 Å². The maximum Gasteiger partial charge on any atom is 0.108 e. The maximum absolute atomic E-state index is 8.30. The molecule has 0 aromatic carbocycles. The Morgan fingerprint density at radius 3 is 3.00 bits per heavy atom. The van der Waals surface area contributed by atoms with Crippen LogP contribution in [0.5, 0.6) is 0 Å². The highest BCUT2D eigenvalue weighted by atomic mass is 16.3. The second kappa shape index (κ2) is 1.70. The molecule has 0 spiro atoms. The largest absolute Gasteiger partial charge is 0.390 e. The first-order valence-electron chi connectivity index (χ1n) is 1.89. The molecule has 2 N–H and O–H groups in total. The molecular formula is C3H5N3O. The third-order valence-electron chi connectivity index (χ3n) is 0.627. The van der Waals surface area contributed by atoms with Gasteiger partial charge in [0.1, 0.15) is 5.69 Å². The average molecular weight is 99.1 g/mol. The normalized spacial score (nSPS) is 9.29. The molecule has 4 nitrogen and oxygen atoms in total. The summed E-state index contributed by atoms with van der Waals surface area (Å²) in [6, 6.07) is 0. The van der Waals surface area contributed by atoms with Crippen molar-refractivity contribution in [3.05, 3.63) is 11.9 Å². The van der Waals surface area contributed by atoms with Crippen LogP contribution in [0.4, 0.5) is 0 Å². The van der Waals surface area contributed by atoms with E-state index < -0.39 is 0 Å². The summed E-state index contributed by atoms with van der Waals surface area (Å²) < 4.78 is 0. The molecule has 0 bridgehead atoms. The van der Waals surface area contributed by atoms with Gasteiger partial charge in [0, 0.05) is 0 Å². The summed E-state index contributed by atoms with van der Waals surface area (Å²) in [4.78, 5) is 0. The number of hydrogen-bond donors (Lipinski definition) is 2. The second-order valence-electron chi connectivity index (χ2n) is 1.12. The zero-order valence-electron chi connectivity index (χ0n) is 3.63. The molecule has 0 saturated heterocycles. The molecule has 0 amide bonds. The fourth-order valence-corrected chi connectivity index (χ4v) is 0.302. The minimum Gasteiger partial charge on any atom is -0.390 e. The standard InChI is InChI=1S/C3H5N3O/c7-2-3-1-4-6-5-3/h1,7H,2H2,(H,4,5,6). The Kier molecular flexibility index (Phi) is 1.04. The van der Waals surface area contributed by atoms with E-state index in [1.165, 1.54) is 6.20 Å². The zero-order chi connectivity index (χ0) is 5.11. The van der Waals surface area contributed by atoms with E-state index in [1.54, 1.807) is 0 Å². The Balaban J connectivity index is 2.76. The van der Waals surface area contributed by atoms with Crippen LogP contribution in [0.1, 0.15) is 5.69 Å². The first kappa shape index (κ1) is 4.26. The van der Waals surface area contributed by atoms with E-state index in [0.29, 0.717) is 5.69 Å². The highest BCUT2D eigenvalue weighted by molar-refractivity contribution is 4.85. The molecule has 7 heavy (non-hydrogen) atoms. The van der Waals surface area contributed by atoms with Crippen molar-refractivity contribution in [2.24, 2.45) is 0 Å². The molecule has 1 rings (SSSR count). The number of nitrogens with one attached hydrogen (secondary N) is 1. The number of aromatic nitrogens is 3. The highest BCUT2D eigenvalue weighted by Gasteiger charge is 1.86. The Bertz CT molecular complexity index is 125. The lowest BCUT2D eigenvalue weighted by Gasteiger charge is -1.75. The molecule has 0 radical (unpaired) electrons. The Morgan fingerprint density at radius 2 is 2.71 bits per heavy atom. The summed E-state index contributed by atoms with van der Waals surface area (Å²) in [5.41, 5.74) is 0.569. The minimum absolute atomic E-state index is 0.0451. The van der Waals surface area contributed by atoms with Crippen LogP contribution in [0.25, 0.3) is 0 Å². The number of H-pyrrole nitrogens is 1. The van der Waals surface area contributed by atoms with Gasteiger partial charge in [-0.25, -0.2) is 0 Å². The van der Waals surface area contributed by atoms with Gasteiger partial charge in [0.15, 0.2) is 0 Å². The summed E-state index contributed by atoms with van der Waals surface area (Å²) in [5.74, 6) is 0. The molecule has 0 fully saturated rings. The molecule has 0 aliphatic rings. The molecule has 1 aromatic heterocycles. The van der Waals surface area contributed by atoms with Gasteiger partial charge in [-0.15, -0.1) is 0 Å². The molecule has 0 aliphatic carbocycles. The predicted octanol–water partition coefficient (Wildman–Crippen LogP) is -0.703. The fourth-order valence-electron chi connectivity index (χ4n) is 0.302. The van der Waals surface area contributed by atoms with Crippen LogP contribution < -0.4 is 0 Å². The van der Waals surface area contributed by atoms with Gasteiger partial charge in [0.25, 0.3) is 0 Å². The Labute approximate surface area is 40.2 Å². The molecule has 1 aromatic rings. The number of aliphatic hydroxyl groups excluding tert-OH is 1. The lowest BCUT2D eigenvalue weighted by molar-refractivity contribution is 0.276. The van der Waals surface area contributed by atoms with Crippen molar-refractivity contribution in [1.82, 2.24) is 15.4 Å². The van der Waals surface area contributed by atoms with Gasteiger partial charge in [0.2, 0.25) is 0 Å². The van der Waals surface area contributed by atoms with Crippen LogP contribution in [0.2, 0.25) is 0 Å². The van der Waals surface area contributed by atoms with E-state index >= 15 is 0 Å². The van der Waals surface area contributed by atoms with Gasteiger partial charge in [-0.05, 0) is 0 Å². The molecule has 0 saturated carbocycles. The van der Waals surface area contributed by atoms with E-state index in [4.69, 9.17) is 5.11 Å². The molecule has 4 heteroatoms. The second-order valence-corrected chi connectivity index (χ2v) is 1.12. The molecule has 0 atom stereocenters.